The highest BCUT2D eigenvalue weighted by molar-refractivity contribution is 5.91. The standard InChI is InChI=1S/C16H15F3N2O4/c17-16(18,19)9-3-1-8(2-4-9)10-7-11(22)14(23)13(10)21-15(24)12-5-6-20-25-12/h1-6,10-11,13-14,22-23H,7H2,(H,21,24)/t10-,11-,13-,14-/m1/s1. The normalized spacial score (nSPS) is 26.6. The molecule has 25 heavy (non-hydrogen) atoms. The fourth-order valence-corrected chi connectivity index (χ4v) is 3.03. The SMILES string of the molecule is O=C(N[C@H]1[C@H](O)[C@H](O)C[C@@H]1c1ccc(C(F)(F)F)cc1)c1ccno1. The Hall–Kier alpha value is -2.39. The number of rotatable bonds is 3. The van der Waals surface area contributed by atoms with Crippen LogP contribution < -0.4 is 5.32 Å². The van der Waals surface area contributed by atoms with Crippen LogP contribution in [0.1, 0.15) is 34.0 Å². The lowest BCUT2D eigenvalue weighted by molar-refractivity contribution is -0.137. The maximum absolute atomic E-state index is 12.7. The number of hydrogen-bond acceptors (Lipinski definition) is 5. The van der Waals surface area contributed by atoms with Crippen molar-refractivity contribution in [1.82, 2.24) is 10.5 Å². The smallest absolute Gasteiger partial charge is 0.390 e. The molecule has 0 bridgehead atoms. The van der Waals surface area contributed by atoms with Crippen LogP contribution in [0.2, 0.25) is 0 Å². The van der Waals surface area contributed by atoms with Gasteiger partial charge in [-0.1, -0.05) is 17.3 Å². The van der Waals surface area contributed by atoms with Crippen molar-refractivity contribution in [2.75, 3.05) is 0 Å². The average Bonchev–Trinajstić information content (AvgIpc) is 3.18. The minimum absolute atomic E-state index is 0.0697. The first-order chi connectivity index (χ1) is 11.8. The second kappa shape index (κ2) is 6.49. The summed E-state index contributed by atoms with van der Waals surface area (Å²) in [5.41, 5.74) is -0.316. The summed E-state index contributed by atoms with van der Waals surface area (Å²) in [6.07, 6.45) is -5.42. The molecule has 1 saturated carbocycles. The molecule has 134 valence electrons. The number of nitrogens with zero attached hydrogens (tertiary/aromatic N) is 1. The van der Waals surface area contributed by atoms with Crippen molar-refractivity contribution in [2.45, 2.75) is 36.8 Å². The molecule has 1 aliphatic carbocycles. The summed E-state index contributed by atoms with van der Waals surface area (Å²) < 4.78 is 42.8. The number of aromatic nitrogens is 1. The monoisotopic (exact) mass is 356 g/mol. The molecule has 1 heterocycles. The molecule has 0 spiro atoms. The molecular weight excluding hydrogens is 341 g/mol. The number of halogens is 3. The van der Waals surface area contributed by atoms with E-state index in [2.05, 4.69) is 10.5 Å². The molecule has 0 saturated heterocycles. The van der Waals surface area contributed by atoms with Crippen molar-refractivity contribution in [3.8, 4) is 0 Å². The van der Waals surface area contributed by atoms with Gasteiger partial charge in [-0.25, -0.2) is 0 Å². The summed E-state index contributed by atoms with van der Waals surface area (Å²) in [6.45, 7) is 0. The summed E-state index contributed by atoms with van der Waals surface area (Å²) in [5.74, 6) is -1.24. The second-order valence-corrected chi connectivity index (χ2v) is 5.90. The number of benzene rings is 1. The number of hydrogen-bond donors (Lipinski definition) is 3. The van der Waals surface area contributed by atoms with Crippen molar-refractivity contribution in [3.63, 3.8) is 0 Å². The molecular formula is C16H15F3N2O4. The van der Waals surface area contributed by atoms with Gasteiger partial charge in [0.05, 0.1) is 23.9 Å². The zero-order valence-electron chi connectivity index (χ0n) is 12.8. The number of amides is 1. The van der Waals surface area contributed by atoms with Crippen molar-refractivity contribution in [3.05, 3.63) is 53.4 Å². The summed E-state index contributed by atoms with van der Waals surface area (Å²) in [6, 6.07) is 4.89. The lowest BCUT2D eigenvalue weighted by Crippen LogP contribution is -2.45. The van der Waals surface area contributed by atoms with Crippen molar-refractivity contribution >= 4 is 5.91 Å². The summed E-state index contributed by atoms with van der Waals surface area (Å²) in [5, 5.41) is 26.0. The van der Waals surface area contributed by atoms with E-state index in [-0.39, 0.29) is 12.2 Å². The van der Waals surface area contributed by atoms with Crippen LogP contribution in [0.25, 0.3) is 0 Å². The zero-order valence-corrected chi connectivity index (χ0v) is 12.8. The fraction of sp³-hybridized carbons (Fsp3) is 0.375. The van der Waals surface area contributed by atoms with Crippen LogP contribution >= 0.6 is 0 Å². The summed E-state index contributed by atoms with van der Waals surface area (Å²) >= 11 is 0. The van der Waals surface area contributed by atoms with Gasteiger partial charge in [-0.2, -0.15) is 13.2 Å². The predicted molar refractivity (Wildman–Crippen MR) is 78.6 cm³/mol. The van der Waals surface area contributed by atoms with Crippen molar-refractivity contribution in [1.29, 1.82) is 0 Å². The molecule has 0 aliphatic heterocycles. The predicted octanol–water partition coefficient (Wildman–Crippen LogP) is 1.70. The van der Waals surface area contributed by atoms with Gasteiger partial charge >= 0.3 is 6.18 Å². The number of carbonyl (C=O) groups is 1. The van der Waals surface area contributed by atoms with E-state index >= 15 is 0 Å². The Kier molecular flexibility index (Phi) is 4.53. The van der Waals surface area contributed by atoms with Crippen LogP contribution in [0.15, 0.2) is 41.1 Å². The Morgan fingerprint density at radius 2 is 1.88 bits per heavy atom. The topological polar surface area (TPSA) is 95.6 Å². The zero-order chi connectivity index (χ0) is 18.2. The van der Waals surface area contributed by atoms with Gasteiger partial charge in [0.25, 0.3) is 5.91 Å². The van der Waals surface area contributed by atoms with Gasteiger partial charge in [0, 0.05) is 12.0 Å². The van der Waals surface area contributed by atoms with Gasteiger partial charge in [-0.3, -0.25) is 4.79 Å². The Labute approximate surface area is 140 Å². The third-order valence-corrected chi connectivity index (χ3v) is 4.32. The molecule has 1 aliphatic rings. The van der Waals surface area contributed by atoms with E-state index in [0.717, 1.165) is 12.1 Å². The van der Waals surface area contributed by atoms with Crippen LogP contribution in [0.5, 0.6) is 0 Å². The highest BCUT2D eigenvalue weighted by Gasteiger charge is 2.43. The molecule has 9 heteroatoms. The molecule has 0 unspecified atom stereocenters. The first-order valence-electron chi connectivity index (χ1n) is 7.52. The molecule has 1 aromatic carbocycles. The lowest BCUT2D eigenvalue weighted by Gasteiger charge is -2.23. The second-order valence-electron chi connectivity index (χ2n) is 5.90. The molecule has 3 rings (SSSR count). The van der Waals surface area contributed by atoms with Gasteiger partial charge in [-0.05, 0) is 24.1 Å². The van der Waals surface area contributed by atoms with Gasteiger partial charge < -0.3 is 20.1 Å². The largest absolute Gasteiger partial charge is 0.416 e. The maximum Gasteiger partial charge on any atom is 0.416 e. The molecule has 6 nitrogen and oxygen atoms in total. The molecule has 2 aromatic rings. The summed E-state index contributed by atoms with van der Waals surface area (Å²) in [7, 11) is 0. The van der Waals surface area contributed by atoms with Crippen LogP contribution in [-0.2, 0) is 6.18 Å². The summed E-state index contributed by atoms with van der Waals surface area (Å²) in [4.78, 5) is 12.1. The first-order valence-corrected chi connectivity index (χ1v) is 7.52. The van der Waals surface area contributed by atoms with Crippen molar-refractivity contribution < 1.29 is 32.7 Å². The number of alkyl halides is 3. The number of nitrogens with one attached hydrogen (secondary N) is 1. The van der Waals surface area contributed by atoms with Crippen LogP contribution in [0, 0.1) is 0 Å². The van der Waals surface area contributed by atoms with E-state index in [0.29, 0.717) is 5.56 Å². The molecule has 1 aromatic heterocycles. The van der Waals surface area contributed by atoms with E-state index < -0.39 is 41.8 Å². The van der Waals surface area contributed by atoms with E-state index in [1.165, 1.54) is 24.4 Å². The van der Waals surface area contributed by atoms with Gasteiger partial charge in [0.15, 0.2) is 0 Å². The number of carbonyl (C=O) groups excluding carboxylic acids is 1. The highest BCUT2D eigenvalue weighted by atomic mass is 19.4. The Morgan fingerprint density at radius 3 is 2.44 bits per heavy atom. The third kappa shape index (κ3) is 3.52. The number of aliphatic hydroxyl groups excluding tert-OH is 2. The van der Waals surface area contributed by atoms with E-state index in [4.69, 9.17) is 4.52 Å². The van der Waals surface area contributed by atoms with Gasteiger partial charge in [0.1, 0.15) is 6.10 Å². The van der Waals surface area contributed by atoms with E-state index in [9.17, 15) is 28.2 Å². The third-order valence-electron chi connectivity index (χ3n) is 4.32. The Morgan fingerprint density at radius 1 is 1.20 bits per heavy atom. The highest BCUT2D eigenvalue weighted by Crippen LogP contribution is 2.37. The van der Waals surface area contributed by atoms with Crippen LogP contribution in [0.4, 0.5) is 13.2 Å². The fourth-order valence-electron chi connectivity index (χ4n) is 3.03. The van der Waals surface area contributed by atoms with Crippen LogP contribution in [-0.4, -0.2) is 39.5 Å². The minimum atomic E-state index is -4.45. The number of aliphatic hydroxyl groups is 2. The average molecular weight is 356 g/mol. The maximum atomic E-state index is 12.7. The molecule has 0 radical (unpaired) electrons. The molecule has 1 amide bonds. The van der Waals surface area contributed by atoms with E-state index in [1.807, 2.05) is 0 Å². The first kappa shape index (κ1) is 17.4. The minimum Gasteiger partial charge on any atom is -0.390 e. The van der Waals surface area contributed by atoms with Gasteiger partial charge in [-0.15, -0.1) is 0 Å². The Balaban J connectivity index is 1.82. The molecule has 1 fully saturated rings. The Bertz CT molecular complexity index is 731. The van der Waals surface area contributed by atoms with Crippen molar-refractivity contribution in [2.24, 2.45) is 0 Å². The lowest BCUT2D eigenvalue weighted by atomic mass is 9.92. The molecule has 4 atom stereocenters. The van der Waals surface area contributed by atoms with Gasteiger partial charge in [0.2, 0.25) is 5.76 Å². The molecule has 3 N–H and O–H groups in total. The van der Waals surface area contributed by atoms with E-state index in [1.54, 1.807) is 0 Å². The van der Waals surface area contributed by atoms with Crippen LogP contribution in [0.3, 0.4) is 0 Å². The quantitative estimate of drug-likeness (QED) is 0.778.